The number of nitrogens with one attached hydrogen (secondary N) is 2. The van der Waals surface area contributed by atoms with E-state index in [9.17, 15) is 4.79 Å². The number of hydrogen-bond donors (Lipinski definition) is 2. The number of H-pyrrole nitrogens is 1. The Morgan fingerprint density at radius 2 is 2.04 bits per heavy atom. The van der Waals surface area contributed by atoms with Gasteiger partial charge in [-0.05, 0) is 31.4 Å². The molecule has 2 aromatic heterocycles. The van der Waals surface area contributed by atoms with Crippen LogP contribution in [0.2, 0.25) is 0 Å². The third kappa shape index (κ3) is 3.40. The normalized spacial score (nSPS) is 12.1. The van der Waals surface area contributed by atoms with E-state index in [1.54, 1.807) is 10.9 Å². The van der Waals surface area contributed by atoms with E-state index in [0.717, 1.165) is 23.2 Å². The van der Waals surface area contributed by atoms with Gasteiger partial charge in [-0.3, -0.25) is 9.48 Å². The fourth-order valence-corrected chi connectivity index (χ4v) is 2.96. The van der Waals surface area contributed by atoms with Crippen LogP contribution in [0, 0.1) is 6.92 Å². The highest BCUT2D eigenvalue weighted by Crippen LogP contribution is 2.18. The van der Waals surface area contributed by atoms with Gasteiger partial charge in [0, 0.05) is 31.2 Å². The van der Waals surface area contributed by atoms with E-state index in [1.165, 1.54) is 5.56 Å². The van der Waals surface area contributed by atoms with Crippen molar-refractivity contribution in [3.05, 3.63) is 76.9 Å². The highest BCUT2D eigenvalue weighted by Gasteiger charge is 2.18. The molecule has 1 aromatic carbocycles. The summed E-state index contributed by atoms with van der Waals surface area (Å²) in [4.78, 5) is 15.7. The minimum absolute atomic E-state index is 0.0714. The zero-order valence-corrected chi connectivity index (χ0v) is 14.2. The second kappa shape index (κ2) is 6.74. The van der Waals surface area contributed by atoms with Gasteiger partial charge in [-0.15, -0.1) is 0 Å². The van der Waals surface area contributed by atoms with Crippen LogP contribution in [0.4, 0.5) is 0 Å². The number of aromatic amines is 1. The van der Waals surface area contributed by atoms with Crippen molar-refractivity contribution in [3.8, 4) is 0 Å². The molecule has 0 aliphatic carbocycles. The maximum absolute atomic E-state index is 12.7. The van der Waals surface area contributed by atoms with Crippen LogP contribution in [0.25, 0.3) is 0 Å². The first-order valence-electron chi connectivity index (χ1n) is 8.05. The minimum Gasteiger partial charge on any atom is -0.367 e. The maximum atomic E-state index is 12.7. The van der Waals surface area contributed by atoms with Crippen molar-refractivity contribution < 1.29 is 4.79 Å². The smallest absolute Gasteiger partial charge is 0.253 e. The van der Waals surface area contributed by atoms with Gasteiger partial charge in [0.15, 0.2) is 0 Å². The summed E-state index contributed by atoms with van der Waals surface area (Å²) in [6, 6.07) is 10.0. The van der Waals surface area contributed by atoms with Gasteiger partial charge in [-0.1, -0.05) is 30.3 Å². The molecule has 24 heavy (non-hydrogen) atoms. The number of amides is 1. The van der Waals surface area contributed by atoms with Gasteiger partial charge in [0.05, 0.1) is 17.3 Å². The lowest BCUT2D eigenvalue weighted by Gasteiger charge is -2.13. The molecular formula is C19H22N4O. The molecule has 0 spiro atoms. The lowest BCUT2D eigenvalue weighted by molar-refractivity contribution is 0.0939. The zero-order chi connectivity index (χ0) is 17.1. The Labute approximate surface area is 141 Å². The Kier molecular flexibility index (Phi) is 4.51. The van der Waals surface area contributed by atoms with Crippen LogP contribution in [0.5, 0.6) is 0 Å². The molecule has 5 nitrogen and oxygen atoms in total. The average molecular weight is 322 g/mol. The monoisotopic (exact) mass is 322 g/mol. The van der Waals surface area contributed by atoms with Crippen LogP contribution >= 0.6 is 0 Å². The van der Waals surface area contributed by atoms with Crippen LogP contribution in [0.1, 0.15) is 45.7 Å². The van der Waals surface area contributed by atoms with Crippen molar-refractivity contribution in [1.29, 1.82) is 0 Å². The van der Waals surface area contributed by atoms with Gasteiger partial charge in [0.1, 0.15) is 0 Å². The van der Waals surface area contributed by atoms with E-state index in [1.807, 2.05) is 51.5 Å². The van der Waals surface area contributed by atoms with E-state index < -0.39 is 0 Å². The molecule has 3 aromatic rings. The second-order valence-electron chi connectivity index (χ2n) is 6.10. The molecule has 0 bridgehead atoms. The first-order chi connectivity index (χ1) is 11.5. The quantitative estimate of drug-likeness (QED) is 0.758. The predicted octanol–water partition coefficient (Wildman–Crippen LogP) is 3.14. The van der Waals surface area contributed by atoms with Crippen LogP contribution in [0.15, 0.2) is 48.9 Å². The average Bonchev–Trinajstić information content (AvgIpc) is 3.14. The van der Waals surface area contributed by atoms with Gasteiger partial charge in [-0.2, -0.15) is 5.10 Å². The van der Waals surface area contributed by atoms with Crippen LogP contribution in [-0.4, -0.2) is 20.7 Å². The number of nitrogens with zero attached hydrogens (tertiary/aromatic N) is 2. The molecule has 2 N–H and O–H groups in total. The number of aromatic nitrogens is 3. The summed E-state index contributed by atoms with van der Waals surface area (Å²) >= 11 is 0. The third-order valence-corrected chi connectivity index (χ3v) is 4.18. The fraction of sp³-hybridized carbons (Fsp3) is 0.263. The molecule has 2 heterocycles. The number of aryl methyl sites for hydroxylation is 2. The largest absolute Gasteiger partial charge is 0.367 e. The van der Waals surface area contributed by atoms with E-state index in [-0.39, 0.29) is 11.9 Å². The summed E-state index contributed by atoms with van der Waals surface area (Å²) in [5, 5.41) is 7.40. The zero-order valence-electron chi connectivity index (χ0n) is 14.2. The topological polar surface area (TPSA) is 62.7 Å². The standard InChI is InChI=1S/C19H22N4O/c1-13(18-12-23(3)22-14(18)2)21-19(24)17-11-20-10-16(17)9-15-7-5-4-6-8-15/h4-8,10-13,20H,9H2,1-3H3,(H,21,24). The number of carbonyl (C=O) groups excluding carboxylic acids is 1. The molecule has 0 aliphatic rings. The third-order valence-electron chi connectivity index (χ3n) is 4.18. The Bertz CT molecular complexity index is 832. The SMILES string of the molecule is Cc1nn(C)cc1C(C)NC(=O)c1c[nH]cc1Cc1ccccc1. The van der Waals surface area contributed by atoms with E-state index in [0.29, 0.717) is 5.56 Å². The van der Waals surface area contributed by atoms with Crippen molar-refractivity contribution in [2.24, 2.45) is 7.05 Å². The lowest BCUT2D eigenvalue weighted by atomic mass is 10.0. The van der Waals surface area contributed by atoms with Gasteiger partial charge >= 0.3 is 0 Å². The summed E-state index contributed by atoms with van der Waals surface area (Å²) in [7, 11) is 1.88. The van der Waals surface area contributed by atoms with E-state index in [2.05, 4.69) is 27.5 Å². The lowest BCUT2D eigenvalue weighted by Crippen LogP contribution is -2.27. The van der Waals surface area contributed by atoms with Crippen molar-refractivity contribution in [3.63, 3.8) is 0 Å². The first kappa shape index (κ1) is 16.1. The van der Waals surface area contributed by atoms with Crippen molar-refractivity contribution in [2.75, 3.05) is 0 Å². The van der Waals surface area contributed by atoms with Crippen molar-refractivity contribution >= 4 is 5.91 Å². The first-order valence-corrected chi connectivity index (χ1v) is 8.05. The van der Waals surface area contributed by atoms with E-state index in [4.69, 9.17) is 0 Å². The molecule has 0 aliphatic heterocycles. The number of hydrogen-bond acceptors (Lipinski definition) is 2. The minimum atomic E-state index is -0.0920. The Balaban J connectivity index is 1.74. The van der Waals surface area contributed by atoms with Crippen molar-refractivity contribution in [2.45, 2.75) is 26.3 Å². The maximum Gasteiger partial charge on any atom is 0.253 e. The molecule has 124 valence electrons. The van der Waals surface area contributed by atoms with E-state index >= 15 is 0 Å². The predicted molar refractivity (Wildman–Crippen MR) is 93.9 cm³/mol. The summed E-state index contributed by atoms with van der Waals surface area (Å²) in [6.07, 6.45) is 6.33. The molecule has 3 rings (SSSR count). The summed E-state index contributed by atoms with van der Waals surface area (Å²) in [5.41, 5.74) is 4.83. The molecule has 0 fully saturated rings. The number of carbonyl (C=O) groups is 1. The molecule has 1 unspecified atom stereocenters. The number of benzene rings is 1. The van der Waals surface area contributed by atoms with Crippen molar-refractivity contribution in [1.82, 2.24) is 20.1 Å². The Morgan fingerprint density at radius 1 is 1.29 bits per heavy atom. The molecule has 0 radical (unpaired) electrons. The Morgan fingerprint density at radius 3 is 2.71 bits per heavy atom. The molecular weight excluding hydrogens is 300 g/mol. The van der Waals surface area contributed by atoms with Gasteiger partial charge in [0.25, 0.3) is 5.91 Å². The highest BCUT2D eigenvalue weighted by atomic mass is 16.1. The molecule has 0 saturated carbocycles. The van der Waals surface area contributed by atoms with Crippen LogP contribution < -0.4 is 5.32 Å². The number of rotatable bonds is 5. The fourth-order valence-electron chi connectivity index (χ4n) is 2.96. The molecule has 0 saturated heterocycles. The molecule has 1 atom stereocenters. The summed E-state index contributed by atoms with van der Waals surface area (Å²) in [6.45, 7) is 3.93. The summed E-state index contributed by atoms with van der Waals surface area (Å²) in [5.74, 6) is -0.0714. The van der Waals surface area contributed by atoms with Gasteiger partial charge in [0.2, 0.25) is 0 Å². The van der Waals surface area contributed by atoms with Crippen LogP contribution in [0.3, 0.4) is 0 Å². The second-order valence-corrected chi connectivity index (χ2v) is 6.10. The molecule has 5 heteroatoms. The molecule has 1 amide bonds. The highest BCUT2D eigenvalue weighted by molar-refractivity contribution is 5.95. The Hall–Kier alpha value is -2.82. The van der Waals surface area contributed by atoms with Crippen LogP contribution in [-0.2, 0) is 13.5 Å². The van der Waals surface area contributed by atoms with Gasteiger partial charge < -0.3 is 10.3 Å². The van der Waals surface area contributed by atoms with Gasteiger partial charge in [-0.25, -0.2) is 0 Å². The summed E-state index contributed by atoms with van der Waals surface area (Å²) < 4.78 is 1.77.